The minimum Gasteiger partial charge on any atom is -0.467 e. The second kappa shape index (κ2) is 6.82. The van der Waals surface area contributed by atoms with Crippen molar-refractivity contribution < 1.29 is 14.0 Å². The molecular weight excluding hydrogens is 308 g/mol. The van der Waals surface area contributed by atoms with Gasteiger partial charge in [0.15, 0.2) is 5.69 Å². The van der Waals surface area contributed by atoms with Crippen molar-refractivity contribution in [2.75, 3.05) is 6.54 Å². The Labute approximate surface area is 138 Å². The Kier molecular flexibility index (Phi) is 4.42. The van der Waals surface area contributed by atoms with Gasteiger partial charge in [-0.25, -0.2) is 4.98 Å². The van der Waals surface area contributed by atoms with E-state index in [4.69, 9.17) is 4.42 Å². The van der Waals surface area contributed by atoms with E-state index in [0.717, 1.165) is 0 Å². The van der Waals surface area contributed by atoms with Crippen molar-refractivity contribution in [3.05, 3.63) is 72.7 Å². The lowest BCUT2D eigenvalue weighted by Gasteiger charge is -2.01. The van der Waals surface area contributed by atoms with Crippen LogP contribution in [-0.4, -0.2) is 27.7 Å². The first-order valence-corrected chi connectivity index (χ1v) is 7.37. The Bertz CT molecular complexity index is 881. The molecule has 0 radical (unpaired) electrons. The Balaban J connectivity index is 1.88. The van der Waals surface area contributed by atoms with E-state index in [0.29, 0.717) is 17.8 Å². The first-order valence-electron chi connectivity index (χ1n) is 7.37. The van der Waals surface area contributed by atoms with Gasteiger partial charge in [0.05, 0.1) is 18.3 Å². The largest absolute Gasteiger partial charge is 0.467 e. The summed E-state index contributed by atoms with van der Waals surface area (Å²) in [5.41, 5.74) is 0.740. The molecule has 0 aliphatic rings. The standard InChI is InChI=1S/C17H16N4O3/c1-2-8-18-17(23)15-20-14(13-7-3-4-9-21(13)15)16(22)19-11-12-6-5-10-24-12/h2-7,9-10H,1,8,11H2,(H,18,23)(H,19,22). The molecule has 0 aliphatic carbocycles. The fourth-order valence-electron chi connectivity index (χ4n) is 2.27. The molecule has 2 N–H and O–H groups in total. The molecule has 122 valence electrons. The summed E-state index contributed by atoms with van der Waals surface area (Å²) in [6, 6.07) is 8.80. The monoisotopic (exact) mass is 324 g/mol. The normalized spacial score (nSPS) is 10.5. The van der Waals surface area contributed by atoms with Crippen LogP contribution in [0.25, 0.3) is 5.52 Å². The lowest BCUT2D eigenvalue weighted by Crippen LogP contribution is -2.26. The topological polar surface area (TPSA) is 88.6 Å². The van der Waals surface area contributed by atoms with Crippen LogP contribution in [-0.2, 0) is 6.54 Å². The summed E-state index contributed by atoms with van der Waals surface area (Å²) < 4.78 is 6.76. The number of hydrogen-bond acceptors (Lipinski definition) is 4. The fourth-order valence-corrected chi connectivity index (χ4v) is 2.27. The van der Waals surface area contributed by atoms with Gasteiger partial charge in [-0.1, -0.05) is 12.1 Å². The van der Waals surface area contributed by atoms with Crippen LogP contribution in [0.3, 0.4) is 0 Å². The number of aromatic nitrogens is 2. The molecule has 0 bridgehead atoms. The highest BCUT2D eigenvalue weighted by Gasteiger charge is 2.21. The first kappa shape index (κ1) is 15.5. The van der Waals surface area contributed by atoms with Crippen molar-refractivity contribution >= 4 is 17.3 Å². The van der Waals surface area contributed by atoms with E-state index in [1.54, 1.807) is 47.0 Å². The molecule has 0 atom stereocenters. The van der Waals surface area contributed by atoms with Crippen LogP contribution in [0.15, 0.2) is 59.9 Å². The molecule has 0 saturated heterocycles. The number of carbonyl (C=O) groups is 2. The van der Waals surface area contributed by atoms with Gasteiger partial charge >= 0.3 is 0 Å². The highest BCUT2D eigenvalue weighted by Crippen LogP contribution is 2.13. The average molecular weight is 324 g/mol. The van der Waals surface area contributed by atoms with Crippen molar-refractivity contribution in [2.45, 2.75) is 6.54 Å². The Morgan fingerprint density at radius 3 is 2.83 bits per heavy atom. The maximum atomic E-state index is 12.4. The Morgan fingerprint density at radius 1 is 1.21 bits per heavy atom. The van der Waals surface area contributed by atoms with E-state index < -0.39 is 0 Å². The van der Waals surface area contributed by atoms with Crippen molar-refractivity contribution in [3.63, 3.8) is 0 Å². The Hall–Kier alpha value is -3.35. The van der Waals surface area contributed by atoms with Gasteiger partial charge in [0.25, 0.3) is 11.8 Å². The number of nitrogens with one attached hydrogen (secondary N) is 2. The van der Waals surface area contributed by atoms with E-state index >= 15 is 0 Å². The third-order valence-corrected chi connectivity index (χ3v) is 3.38. The molecular formula is C17H16N4O3. The molecule has 0 unspecified atom stereocenters. The number of imidazole rings is 1. The van der Waals surface area contributed by atoms with Gasteiger partial charge in [0.1, 0.15) is 5.76 Å². The van der Waals surface area contributed by atoms with E-state index in [-0.39, 0.29) is 29.9 Å². The van der Waals surface area contributed by atoms with E-state index in [2.05, 4.69) is 22.2 Å². The molecule has 3 heterocycles. The smallest absolute Gasteiger partial charge is 0.287 e. The summed E-state index contributed by atoms with van der Waals surface area (Å²) in [4.78, 5) is 28.9. The highest BCUT2D eigenvalue weighted by atomic mass is 16.3. The quantitative estimate of drug-likeness (QED) is 0.676. The van der Waals surface area contributed by atoms with E-state index in [1.807, 2.05) is 0 Å². The third-order valence-electron chi connectivity index (χ3n) is 3.38. The summed E-state index contributed by atoms with van der Waals surface area (Å²) in [5, 5.41) is 5.39. The second-order valence-electron chi connectivity index (χ2n) is 5.00. The van der Waals surface area contributed by atoms with Crippen molar-refractivity contribution in [3.8, 4) is 0 Å². The Morgan fingerprint density at radius 2 is 2.08 bits per heavy atom. The summed E-state index contributed by atoms with van der Waals surface area (Å²) >= 11 is 0. The maximum absolute atomic E-state index is 12.4. The number of nitrogens with zero attached hydrogens (tertiary/aromatic N) is 2. The summed E-state index contributed by atoms with van der Waals surface area (Å²) in [6.45, 7) is 4.12. The van der Waals surface area contributed by atoms with Gasteiger partial charge < -0.3 is 15.1 Å². The third kappa shape index (κ3) is 3.05. The fraction of sp³-hybridized carbons (Fsp3) is 0.118. The van der Waals surface area contributed by atoms with Gasteiger partial charge in [-0.2, -0.15) is 0 Å². The number of hydrogen-bond donors (Lipinski definition) is 2. The number of amides is 2. The van der Waals surface area contributed by atoms with Gasteiger partial charge in [0, 0.05) is 12.7 Å². The SMILES string of the molecule is C=CCNC(=O)c1nc(C(=O)NCc2ccco2)c2ccccn12. The molecule has 0 fully saturated rings. The number of furan rings is 1. The van der Waals surface area contributed by atoms with Gasteiger partial charge in [-0.05, 0) is 24.3 Å². The summed E-state index contributed by atoms with van der Waals surface area (Å²) in [7, 11) is 0. The van der Waals surface area contributed by atoms with Gasteiger partial charge in [0.2, 0.25) is 5.82 Å². The maximum Gasteiger partial charge on any atom is 0.287 e. The molecule has 0 spiro atoms. The second-order valence-corrected chi connectivity index (χ2v) is 5.00. The molecule has 7 nitrogen and oxygen atoms in total. The number of rotatable bonds is 6. The van der Waals surface area contributed by atoms with Crippen LogP contribution in [0.4, 0.5) is 0 Å². The molecule has 3 rings (SSSR count). The molecule has 2 amide bonds. The predicted molar refractivity (Wildman–Crippen MR) is 87.6 cm³/mol. The highest BCUT2D eigenvalue weighted by molar-refractivity contribution is 6.02. The predicted octanol–water partition coefficient (Wildman–Crippen LogP) is 1.77. The van der Waals surface area contributed by atoms with Crippen LogP contribution in [0.5, 0.6) is 0 Å². The number of pyridine rings is 1. The zero-order valence-corrected chi connectivity index (χ0v) is 12.9. The van der Waals surface area contributed by atoms with Crippen molar-refractivity contribution in [2.24, 2.45) is 0 Å². The van der Waals surface area contributed by atoms with E-state index in [1.165, 1.54) is 6.26 Å². The number of fused-ring (bicyclic) bond motifs is 1. The minimum atomic E-state index is -0.377. The van der Waals surface area contributed by atoms with Crippen LogP contribution in [0.2, 0.25) is 0 Å². The lowest BCUT2D eigenvalue weighted by molar-refractivity contribution is 0.0944. The summed E-state index contributed by atoms with van der Waals surface area (Å²) in [5.74, 6) is 0.0328. The van der Waals surface area contributed by atoms with Crippen LogP contribution < -0.4 is 10.6 Å². The molecule has 7 heteroatoms. The molecule has 24 heavy (non-hydrogen) atoms. The molecule has 3 aromatic heterocycles. The molecule has 0 aromatic carbocycles. The van der Waals surface area contributed by atoms with Crippen molar-refractivity contribution in [1.29, 1.82) is 0 Å². The van der Waals surface area contributed by atoms with Gasteiger partial charge in [-0.3, -0.25) is 14.0 Å². The van der Waals surface area contributed by atoms with Crippen molar-refractivity contribution in [1.82, 2.24) is 20.0 Å². The van der Waals surface area contributed by atoms with Gasteiger partial charge in [-0.15, -0.1) is 6.58 Å². The number of carbonyl (C=O) groups excluding carboxylic acids is 2. The average Bonchev–Trinajstić information content (AvgIpc) is 3.25. The first-order chi connectivity index (χ1) is 11.7. The molecule has 0 saturated carbocycles. The molecule has 3 aromatic rings. The minimum absolute atomic E-state index is 0.149. The zero-order valence-electron chi connectivity index (χ0n) is 12.9. The molecule has 0 aliphatic heterocycles. The summed E-state index contributed by atoms with van der Waals surface area (Å²) in [6.07, 6.45) is 4.80. The van der Waals surface area contributed by atoms with Crippen LogP contribution in [0, 0.1) is 0 Å². The van der Waals surface area contributed by atoms with Crippen LogP contribution in [0.1, 0.15) is 26.9 Å². The zero-order chi connectivity index (χ0) is 16.9. The van der Waals surface area contributed by atoms with Crippen LogP contribution >= 0.6 is 0 Å². The lowest BCUT2D eigenvalue weighted by atomic mass is 10.3. The van der Waals surface area contributed by atoms with E-state index in [9.17, 15) is 9.59 Å².